The van der Waals surface area contributed by atoms with Crippen LogP contribution in [-0.2, 0) is 5.41 Å². The highest BCUT2D eigenvalue weighted by molar-refractivity contribution is 9.10. The maximum atomic E-state index is 4.50. The third-order valence-electron chi connectivity index (χ3n) is 3.66. The highest BCUT2D eigenvalue weighted by atomic mass is 79.9. The van der Waals surface area contributed by atoms with Gasteiger partial charge in [-0.15, -0.1) is 5.10 Å². The van der Waals surface area contributed by atoms with Gasteiger partial charge in [-0.2, -0.15) is 10.1 Å². The number of nitrogens with zero attached hydrogens (tertiary/aromatic N) is 3. The van der Waals surface area contributed by atoms with Crippen LogP contribution in [0.25, 0.3) is 0 Å². The first-order valence-electron chi connectivity index (χ1n) is 8.01. The number of benzene rings is 2. The van der Waals surface area contributed by atoms with E-state index in [0.717, 1.165) is 15.8 Å². The zero-order valence-corrected chi connectivity index (χ0v) is 16.0. The van der Waals surface area contributed by atoms with Crippen LogP contribution in [-0.4, -0.2) is 15.2 Å². The maximum absolute atomic E-state index is 4.50. The molecule has 0 spiro atoms. The van der Waals surface area contributed by atoms with Gasteiger partial charge in [0, 0.05) is 15.8 Å². The van der Waals surface area contributed by atoms with E-state index in [9.17, 15) is 0 Å². The van der Waals surface area contributed by atoms with Crippen LogP contribution in [0.3, 0.4) is 0 Å². The van der Waals surface area contributed by atoms with Crippen LogP contribution in [0.1, 0.15) is 26.3 Å². The lowest BCUT2D eigenvalue weighted by atomic mass is 9.86. The number of hydrogen-bond acceptors (Lipinski definition) is 5. The van der Waals surface area contributed by atoms with Crippen molar-refractivity contribution in [2.24, 2.45) is 0 Å². The molecule has 1 aromatic heterocycles. The minimum atomic E-state index is 0.0182. The van der Waals surface area contributed by atoms with E-state index in [1.807, 2.05) is 42.5 Å². The normalized spacial score (nSPS) is 11.2. The summed E-state index contributed by atoms with van der Waals surface area (Å²) in [5, 5.41) is 14.6. The molecule has 1 heterocycles. The molecule has 0 saturated carbocycles. The number of para-hydroxylation sites is 1. The summed E-state index contributed by atoms with van der Waals surface area (Å²) in [5.74, 6) is 1.09. The Balaban J connectivity index is 1.82. The molecule has 0 aliphatic carbocycles. The predicted molar refractivity (Wildman–Crippen MR) is 106 cm³/mol. The van der Waals surface area contributed by atoms with Gasteiger partial charge in [0.1, 0.15) is 0 Å². The second-order valence-electron chi connectivity index (χ2n) is 6.72. The van der Waals surface area contributed by atoms with Crippen LogP contribution in [0.2, 0.25) is 0 Å². The highest BCUT2D eigenvalue weighted by Crippen LogP contribution is 2.30. The van der Waals surface area contributed by atoms with Crippen LogP contribution < -0.4 is 10.6 Å². The average Bonchev–Trinajstić information content (AvgIpc) is 2.57. The molecule has 0 bridgehead atoms. The Morgan fingerprint density at radius 3 is 2.36 bits per heavy atom. The van der Waals surface area contributed by atoms with Gasteiger partial charge in [0.05, 0.1) is 6.20 Å². The summed E-state index contributed by atoms with van der Waals surface area (Å²) >= 11 is 3.43. The van der Waals surface area contributed by atoms with E-state index in [-0.39, 0.29) is 5.41 Å². The summed E-state index contributed by atoms with van der Waals surface area (Å²) in [6, 6.07) is 16.0. The van der Waals surface area contributed by atoms with Crippen molar-refractivity contribution in [3.8, 4) is 0 Å². The first-order valence-corrected chi connectivity index (χ1v) is 8.80. The van der Waals surface area contributed by atoms with Crippen molar-refractivity contribution < 1.29 is 0 Å². The number of hydrogen-bond donors (Lipinski definition) is 2. The Morgan fingerprint density at radius 2 is 1.64 bits per heavy atom. The number of nitrogens with one attached hydrogen (secondary N) is 2. The van der Waals surface area contributed by atoms with Crippen molar-refractivity contribution in [3.63, 3.8) is 0 Å². The quantitative estimate of drug-likeness (QED) is 0.615. The molecular formula is C19H20BrN5. The Hall–Kier alpha value is -2.47. The monoisotopic (exact) mass is 397 g/mol. The minimum Gasteiger partial charge on any atom is -0.339 e. The fraction of sp³-hybridized carbons (Fsp3) is 0.211. The fourth-order valence-corrected chi connectivity index (χ4v) is 2.73. The van der Waals surface area contributed by atoms with Crippen molar-refractivity contribution in [3.05, 3.63) is 64.8 Å². The molecule has 0 saturated heterocycles. The first kappa shape index (κ1) is 17.4. The van der Waals surface area contributed by atoms with Gasteiger partial charge in [-0.25, -0.2) is 0 Å². The summed E-state index contributed by atoms with van der Waals surface area (Å²) in [6.07, 6.45) is 1.60. The smallest absolute Gasteiger partial charge is 0.249 e. The van der Waals surface area contributed by atoms with Crippen LogP contribution in [0, 0.1) is 0 Å². The first-order chi connectivity index (χ1) is 11.9. The van der Waals surface area contributed by atoms with Gasteiger partial charge in [-0.1, -0.05) is 54.9 Å². The van der Waals surface area contributed by atoms with Gasteiger partial charge in [0.2, 0.25) is 5.95 Å². The van der Waals surface area contributed by atoms with Crippen LogP contribution in [0.5, 0.6) is 0 Å². The average molecular weight is 398 g/mol. The zero-order chi connectivity index (χ0) is 17.9. The molecule has 0 aliphatic heterocycles. The van der Waals surface area contributed by atoms with Crippen LogP contribution in [0.15, 0.2) is 59.2 Å². The maximum Gasteiger partial charge on any atom is 0.249 e. The molecule has 25 heavy (non-hydrogen) atoms. The highest BCUT2D eigenvalue weighted by Gasteiger charge is 2.18. The molecule has 0 aliphatic rings. The molecule has 128 valence electrons. The van der Waals surface area contributed by atoms with E-state index in [1.54, 1.807) is 6.20 Å². The van der Waals surface area contributed by atoms with Gasteiger partial charge >= 0.3 is 0 Å². The molecule has 0 atom stereocenters. The van der Waals surface area contributed by atoms with E-state index in [1.165, 1.54) is 5.56 Å². The van der Waals surface area contributed by atoms with E-state index in [4.69, 9.17) is 0 Å². The summed E-state index contributed by atoms with van der Waals surface area (Å²) < 4.78 is 1.03. The Bertz CT molecular complexity index is 856. The third kappa shape index (κ3) is 4.54. The van der Waals surface area contributed by atoms with Gasteiger partial charge < -0.3 is 10.6 Å². The molecule has 2 N–H and O–H groups in total. The molecule has 0 radical (unpaired) electrons. The molecule has 2 aromatic carbocycles. The Kier molecular flexibility index (Phi) is 4.99. The number of anilines is 4. The summed E-state index contributed by atoms with van der Waals surface area (Å²) in [6.45, 7) is 6.54. The van der Waals surface area contributed by atoms with Crippen LogP contribution in [0.4, 0.5) is 23.1 Å². The SMILES string of the molecule is CC(C)(C)c1ccccc1Nc1nncc(Nc2ccc(Br)cc2)n1. The standard InChI is InChI=1S/C19H20BrN5/c1-19(2,3)15-6-4-5-7-16(15)23-18-24-17(12-21-25-18)22-14-10-8-13(20)9-11-14/h4-12H,1-3H3,(H2,22,23,24,25). The minimum absolute atomic E-state index is 0.0182. The van der Waals surface area contributed by atoms with Crippen molar-refractivity contribution in [1.29, 1.82) is 0 Å². The lowest BCUT2D eigenvalue weighted by molar-refractivity contribution is 0.592. The molecule has 5 nitrogen and oxygen atoms in total. The number of rotatable bonds is 4. The fourth-order valence-electron chi connectivity index (χ4n) is 2.46. The van der Waals surface area contributed by atoms with E-state index < -0.39 is 0 Å². The molecule has 0 unspecified atom stereocenters. The molecule has 0 fully saturated rings. The summed E-state index contributed by atoms with van der Waals surface area (Å²) in [5.41, 5.74) is 3.14. The van der Waals surface area contributed by atoms with Crippen molar-refractivity contribution in [2.75, 3.05) is 10.6 Å². The van der Waals surface area contributed by atoms with Gasteiger partial charge in [-0.05, 0) is 41.3 Å². The second kappa shape index (κ2) is 7.19. The van der Waals surface area contributed by atoms with E-state index in [2.05, 4.69) is 68.6 Å². The molecule has 3 rings (SSSR count). The van der Waals surface area contributed by atoms with Crippen molar-refractivity contribution in [2.45, 2.75) is 26.2 Å². The third-order valence-corrected chi connectivity index (χ3v) is 4.19. The zero-order valence-electron chi connectivity index (χ0n) is 14.4. The molecule has 3 aromatic rings. The van der Waals surface area contributed by atoms with E-state index >= 15 is 0 Å². The van der Waals surface area contributed by atoms with Gasteiger partial charge in [0.15, 0.2) is 5.82 Å². The Labute approximate surface area is 156 Å². The summed E-state index contributed by atoms with van der Waals surface area (Å²) in [4.78, 5) is 4.50. The number of aromatic nitrogens is 3. The second-order valence-corrected chi connectivity index (χ2v) is 7.63. The number of halogens is 1. The van der Waals surface area contributed by atoms with E-state index in [0.29, 0.717) is 11.8 Å². The molecule has 0 amide bonds. The Morgan fingerprint density at radius 1 is 0.920 bits per heavy atom. The topological polar surface area (TPSA) is 62.7 Å². The predicted octanol–water partition coefficient (Wildman–Crippen LogP) is 5.42. The van der Waals surface area contributed by atoms with Crippen LogP contribution >= 0.6 is 15.9 Å². The largest absolute Gasteiger partial charge is 0.339 e. The lowest BCUT2D eigenvalue weighted by Gasteiger charge is -2.22. The molecule has 6 heteroatoms. The lowest BCUT2D eigenvalue weighted by Crippen LogP contribution is -2.14. The summed E-state index contributed by atoms with van der Waals surface area (Å²) in [7, 11) is 0. The van der Waals surface area contributed by atoms with Gasteiger partial charge in [-0.3, -0.25) is 0 Å². The van der Waals surface area contributed by atoms with Gasteiger partial charge in [0.25, 0.3) is 0 Å². The molecular weight excluding hydrogens is 378 g/mol. The van der Waals surface area contributed by atoms with Crippen molar-refractivity contribution in [1.82, 2.24) is 15.2 Å². The van der Waals surface area contributed by atoms with Crippen molar-refractivity contribution >= 4 is 39.1 Å².